The van der Waals surface area contributed by atoms with Gasteiger partial charge in [0.2, 0.25) is 0 Å². The summed E-state index contributed by atoms with van der Waals surface area (Å²) in [7, 11) is 0. The molecule has 2 aliphatic carbocycles. The minimum atomic E-state index is -1.01. The summed E-state index contributed by atoms with van der Waals surface area (Å²) >= 11 is 5.60. The van der Waals surface area contributed by atoms with E-state index in [9.17, 15) is 15.0 Å². The van der Waals surface area contributed by atoms with E-state index >= 15 is 0 Å². The highest BCUT2D eigenvalue weighted by atomic mass is 35.5. The molecular weight excluding hydrogens is 336 g/mol. The first-order valence-electron chi connectivity index (χ1n) is 8.37. The maximum atomic E-state index is 11.9. The Balaban J connectivity index is 1.85. The number of hydrogen-bond acceptors (Lipinski definition) is 6. The van der Waals surface area contributed by atoms with Gasteiger partial charge in [0.1, 0.15) is 29.8 Å². The highest BCUT2D eigenvalue weighted by molar-refractivity contribution is 6.26. The van der Waals surface area contributed by atoms with Gasteiger partial charge in [-0.3, -0.25) is 4.79 Å². The molecule has 2 saturated heterocycles. The molecule has 2 bridgehead atoms. The molecule has 2 aliphatic heterocycles. The lowest BCUT2D eigenvalue weighted by atomic mass is 9.51. The van der Waals surface area contributed by atoms with E-state index in [1.807, 2.05) is 19.9 Å². The van der Waals surface area contributed by atoms with Crippen molar-refractivity contribution in [1.82, 2.24) is 0 Å². The SMILES string of the molecule is CC1=C[C@H]2OC3[C@H](O)[C@@H](OC(=O)CCl)[C@@](C)(C34CO4)[C@@]2(CO)CC1. The molecule has 0 radical (unpaired) electrons. The number of rotatable bonds is 3. The minimum Gasteiger partial charge on any atom is -0.458 e. The molecule has 7 atom stereocenters. The lowest BCUT2D eigenvalue weighted by Crippen LogP contribution is -2.66. The highest BCUT2D eigenvalue weighted by Crippen LogP contribution is 2.71. The zero-order valence-corrected chi connectivity index (χ0v) is 14.6. The number of carbonyl (C=O) groups excluding carboxylic acids is 1. The van der Waals surface area contributed by atoms with E-state index in [0.29, 0.717) is 13.0 Å². The van der Waals surface area contributed by atoms with Gasteiger partial charge in [-0.05, 0) is 19.8 Å². The number of ether oxygens (including phenoxy) is 3. The van der Waals surface area contributed by atoms with Crippen molar-refractivity contribution in [3.05, 3.63) is 11.6 Å². The van der Waals surface area contributed by atoms with E-state index in [-0.39, 0.29) is 18.6 Å². The lowest BCUT2D eigenvalue weighted by Gasteiger charge is -2.57. The van der Waals surface area contributed by atoms with E-state index in [1.165, 1.54) is 5.57 Å². The summed E-state index contributed by atoms with van der Waals surface area (Å²) in [5.74, 6) is -0.870. The van der Waals surface area contributed by atoms with Crippen LogP contribution in [0.1, 0.15) is 26.7 Å². The van der Waals surface area contributed by atoms with Gasteiger partial charge in [-0.2, -0.15) is 0 Å². The number of allylic oxidation sites excluding steroid dienone is 1. The van der Waals surface area contributed by atoms with Gasteiger partial charge in [0, 0.05) is 5.41 Å². The van der Waals surface area contributed by atoms with E-state index in [2.05, 4.69) is 0 Å². The van der Waals surface area contributed by atoms with Gasteiger partial charge in [0.15, 0.2) is 0 Å². The van der Waals surface area contributed by atoms with Gasteiger partial charge in [0.25, 0.3) is 0 Å². The second kappa shape index (κ2) is 5.17. The molecule has 0 aromatic carbocycles. The Kier molecular flexibility index (Phi) is 3.62. The minimum absolute atomic E-state index is 0.128. The molecule has 134 valence electrons. The van der Waals surface area contributed by atoms with Crippen LogP contribution in [-0.2, 0) is 19.0 Å². The fourth-order valence-corrected chi connectivity index (χ4v) is 5.45. The van der Waals surface area contributed by atoms with Gasteiger partial charge in [-0.25, -0.2) is 0 Å². The fraction of sp³-hybridized carbons (Fsp3) is 0.824. The summed E-state index contributed by atoms with van der Waals surface area (Å²) in [5, 5.41) is 21.2. The molecule has 4 rings (SSSR count). The van der Waals surface area contributed by atoms with E-state index in [0.717, 1.165) is 6.42 Å². The summed E-state index contributed by atoms with van der Waals surface area (Å²) in [5.41, 5.74) is -0.944. The molecule has 3 fully saturated rings. The Morgan fingerprint density at radius 2 is 2.25 bits per heavy atom. The smallest absolute Gasteiger partial charge is 0.321 e. The fourth-order valence-electron chi connectivity index (χ4n) is 5.39. The summed E-state index contributed by atoms with van der Waals surface area (Å²) in [6.45, 7) is 4.29. The molecular formula is C17H23ClO6. The average molecular weight is 359 g/mol. The number of aliphatic hydroxyl groups excluding tert-OH is 2. The number of hydrogen-bond donors (Lipinski definition) is 2. The van der Waals surface area contributed by atoms with Gasteiger partial charge in [0.05, 0.1) is 24.7 Å². The molecule has 0 aromatic heterocycles. The van der Waals surface area contributed by atoms with Crippen molar-refractivity contribution in [3.63, 3.8) is 0 Å². The summed E-state index contributed by atoms with van der Waals surface area (Å²) < 4.78 is 17.6. The summed E-state index contributed by atoms with van der Waals surface area (Å²) in [6.07, 6.45) is 0.791. The van der Waals surface area contributed by atoms with Crippen molar-refractivity contribution in [2.45, 2.75) is 56.7 Å². The standard InChI is InChI=1S/C17H23ClO6/c1-9-3-4-16(7-19)10(5-9)23-14-12(21)13(24-11(20)6-18)15(16,2)17(14)8-22-17/h5,10,12-14,19,21H,3-4,6-8H2,1-2H3/t10-,12-,13-,14?,15-,16-,17?/m1/s1. The molecule has 2 unspecified atom stereocenters. The van der Waals surface area contributed by atoms with Crippen LogP contribution in [0.3, 0.4) is 0 Å². The number of epoxide rings is 1. The van der Waals surface area contributed by atoms with Crippen LogP contribution in [0.5, 0.6) is 0 Å². The summed E-state index contributed by atoms with van der Waals surface area (Å²) in [4.78, 5) is 11.9. The first-order valence-corrected chi connectivity index (χ1v) is 8.91. The van der Waals surface area contributed by atoms with Crippen LogP contribution in [0.15, 0.2) is 11.6 Å². The topological polar surface area (TPSA) is 88.5 Å². The number of carbonyl (C=O) groups is 1. The normalized spacial score (nSPS) is 52.0. The Bertz CT molecular complexity index is 602. The third-order valence-corrected chi connectivity index (χ3v) is 7.12. The van der Waals surface area contributed by atoms with E-state index in [4.69, 9.17) is 25.8 Å². The first kappa shape index (κ1) is 16.8. The Labute approximate surface area is 145 Å². The van der Waals surface area contributed by atoms with E-state index < -0.39 is 40.7 Å². The van der Waals surface area contributed by atoms with Crippen molar-refractivity contribution in [2.24, 2.45) is 10.8 Å². The predicted molar refractivity (Wildman–Crippen MR) is 84.6 cm³/mol. The van der Waals surface area contributed by atoms with Crippen LogP contribution >= 0.6 is 11.6 Å². The van der Waals surface area contributed by atoms with Crippen molar-refractivity contribution in [1.29, 1.82) is 0 Å². The lowest BCUT2D eigenvalue weighted by molar-refractivity contribution is -0.229. The van der Waals surface area contributed by atoms with Crippen LogP contribution in [-0.4, -0.2) is 65.3 Å². The largest absolute Gasteiger partial charge is 0.458 e. The van der Waals surface area contributed by atoms with E-state index in [1.54, 1.807) is 0 Å². The quantitative estimate of drug-likeness (QED) is 0.335. The van der Waals surface area contributed by atoms with Crippen LogP contribution in [0.4, 0.5) is 0 Å². The molecule has 4 aliphatic rings. The van der Waals surface area contributed by atoms with Crippen LogP contribution in [0.2, 0.25) is 0 Å². The molecule has 1 spiro atoms. The zero-order chi connectivity index (χ0) is 17.3. The molecule has 0 amide bonds. The monoisotopic (exact) mass is 358 g/mol. The van der Waals surface area contributed by atoms with Crippen molar-refractivity contribution >= 4 is 17.6 Å². The van der Waals surface area contributed by atoms with Gasteiger partial charge >= 0.3 is 5.97 Å². The van der Waals surface area contributed by atoms with Gasteiger partial charge < -0.3 is 24.4 Å². The molecule has 2 N–H and O–H groups in total. The van der Waals surface area contributed by atoms with Crippen LogP contribution < -0.4 is 0 Å². The molecule has 6 nitrogen and oxygen atoms in total. The molecule has 7 heteroatoms. The van der Waals surface area contributed by atoms with Gasteiger partial charge in [-0.15, -0.1) is 11.6 Å². The highest BCUT2D eigenvalue weighted by Gasteiger charge is 2.85. The maximum absolute atomic E-state index is 11.9. The Morgan fingerprint density at radius 1 is 1.54 bits per heavy atom. The maximum Gasteiger partial charge on any atom is 0.321 e. The first-order chi connectivity index (χ1) is 11.4. The van der Waals surface area contributed by atoms with Crippen molar-refractivity contribution in [3.8, 4) is 0 Å². The molecule has 0 aromatic rings. The molecule has 24 heavy (non-hydrogen) atoms. The van der Waals surface area contributed by atoms with Crippen LogP contribution in [0, 0.1) is 10.8 Å². The molecule has 1 saturated carbocycles. The van der Waals surface area contributed by atoms with Crippen LogP contribution in [0.25, 0.3) is 0 Å². The van der Waals surface area contributed by atoms with Crippen molar-refractivity contribution < 1.29 is 29.2 Å². The van der Waals surface area contributed by atoms with Crippen molar-refractivity contribution in [2.75, 3.05) is 19.1 Å². The summed E-state index contributed by atoms with van der Waals surface area (Å²) in [6, 6.07) is 0. The number of esters is 1. The number of fused-ring (bicyclic) bond motifs is 2. The second-order valence-corrected chi connectivity index (χ2v) is 7.99. The Hall–Kier alpha value is -0.660. The third-order valence-electron chi connectivity index (χ3n) is 6.91. The average Bonchev–Trinajstić information content (AvgIpc) is 3.35. The number of alkyl halides is 1. The predicted octanol–water partition coefficient (Wildman–Crippen LogP) is 0.773. The number of halogens is 1. The Morgan fingerprint density at radius 3 is 2.83 bits per heavy atom. The molecule has 2 heterocycles. The zero-order valence-electron chi connectivity index (χ0n) is 13.8. The van der Waals surface area contributed by atoms with Gasteiger partial charge in [-0.1, -0.05) is 18.6 Å². The second-order valence-electron chi connectivity index (χ2n) is 7.72. The number of aliphatic hydroxyl groups is 2. The third kappa shape index (κ3) is 1.73.